The molecule has 1 aliphatic carbocycles. The van der Waals surface area contributed by atoms with E-state index in [1.54, 1.807) is 11.8 Å². The van der Waals surface area contributed by atoms with Gasteiger partial charge in [0, 0.05) is 12.0 Å². The average Bonchev–Trinajstić information content (AvgIpc) is 3.11. The summed E-state index contributed by atoms with van der Waals surface area (Å²) in [5, 5.41) is 3.42. The lowest BCUT2D eigenvalue weighted by Crippen LogP contribution is -2.19. The van der Waals surface area contributed by atoms with E-state index in [0.717, 1.165) is 19.0 Å². The van der Waals surface area contributed by atoms with E-state index < -0.39 is 0 Å². The quantitative estimate of drug-likeness (QED) is 0.797. The maximum absolute atomic E-state index is 4.52. The van der Waals surface area contributed by atoms with Gasteiger partial charge < -0.3 is 4.90 Å². The lowest BCUT2D eigenvalue weighted by molar-refractivity contribution is 0.443. The van der Waals surface area contributed by atoms with E-state index >= 15 is 0 Å². The third-order valence-corrected chi connectivity index (χ3v) is 5.55. The Kier molecular flexibility index (Phi) is 3.31. The highest BCUT2D eigenvalue weighted by molar-refractivity contribution is 8.16. The molecular weight excluding hydrogens is 264 g/mol. The fourth-order valence-electron chi connectivity index (χ4n) is 3.51. The van der Waals surface area contributed by atoms with Crippen molar-refractivity contribution >= 4 is 22.6 Å². The number of aliphatic imine (C=N–C) groups is 1. The second kappa shape index (κ2) is 5.28. The summed E-state index contributed by atoms with van der Waals surface area (Å²) in [5.74, 6) is 0.800. The second-order valence-electron chi connectivity index (χ2n) is 5.89. The van der Waals surface area contributed by atoms with E-state index in [1.807, 2.05) is 0 Å². The van der Waals surface area contributed by atoms with E-state index in [-0.39, 0.29) is 0 Å². The lowest BCUT2D eigenvalue weighted by Gasteiger charge is -2.22. The molecule has 2 nitrogen and oxygen atoms in total. The molecular formula is C17H20N2S. The van der Waals surface area contributed by atoms with Crippen molar-refractivity contribution in [2.75, 3.05) is 13.1 Å². The Labute approximate surface area is 125 Å². The molecule has 0 atom stereocenters. The number of benzene rings is 1. The monoisotopic (exact) mass is 284 g/mol. The molecule has 3 aliphatic rings. The van der Waals surface area contributed by atoms with Crippen molar-refractivity contribution in [1.29, 1.82) is 0 Å². The minimum Gasteiger partial charge on any atom is -0.318 e. The summed E-state index contributed by atoms with van der Waals surface area (Å²) in [6.07, 6.45) is 6.99. The van der Waals surface area contributed by atoms with Crippen molar-refractivity contribution in [2.45, 2.75) is 38.0 Å². The van der Waals surface area contributed by atoms with Gasteiger partial charge in [0.25, 0.3) is 0 Å². The molecule has 1 aromatic carbocycles. The van der Waals surface area contributed by atoms with Crippen molar-refractivity contribution in [3.8, 4) is 0 Å². The molecule has 20 heavy (non-hydrogen) atoms. The summed E-state index contributed by atoms with van der Waals surface area (Å²) in [5.41, 5.74) is 4.21. The topological polar surface area (TPSA) is 15.6 Å². The smallest absolute Gasteiger partial charge is 0.168 e. The van der Waals surface area contributed by atoms with Crippen molar-refractivity contribution in [3.63, 3.8) is 0 Å². The molecule has 104 valence electrons. The van der Waals surface area contributed by atoms with E-state index in [2.05, 4.69) is 39.6 Å². The molecule has 0 radical (unpaired) electrons. The minimum absolute atomic E-state index is 0.800. The van der Waals surface area contributed by atoms with Gasteiger partial charge in [0.05, 0.1) is 12.2 Å². The Morgan fingerprint density at radius 2 is 1.85 bits per heavy atom. The van der Waals surface area contributed by atoms with Crippen molar-refractivity contribution in [2.24, 2.45) is 4.99 Å². The van der Waals surface area contributed by atoms with Gasteiger partial charge >= 0.3 is 0 Å². The van der Waals surface area contributed by atoms with Gasteiger partial charge in [0.1, 0.15) is 0 Å². The number of hydrogen-bond donors (Lipinski definition) is 0. The molecule has 0 saturated heterocycles. The van der Waals surface area contributed by atoms with Crippen LogP contribution < -0.4 is 0 Å². The first kappa shape index (κ1) is 12.5. The Balaban J connectivity index is 1.54. The fraction of sp³-hybridized carbons (Fsp3) is 0.471. The van der Waals surface area contributed by atoms with Crippen LogP contribution in [0.15, 0.2) is 34.7 Å². The number of hydrogen-bond acceptors (Lipinski definition) is 3. The van der Waals surface area contributed by atoms with Crippen LogP contribution in [0.4, 0.5) is 0 Å². The van der Waals surface area contributed by atoms with E-state index in [9.17, 15) is 0 Å². The summed E-state index contributed by atoms with van der Waals surface area (Å²) >= 11 is 1.76. The molecule has 0 N–H and O–H groups in total. The van der Waals surface area contributed by atoms with Crippen LogP contribution in [0.1, 0.15) is 49.1 Å². The van der Waals surface area contributed by atoms with Crippen LogP contribution >= 0.6 is 11.8 Å². The first-order valence-electron chi connectivity index (χ1n) is 7.71. The van der Waals surface area contributed by atoms with Crippen LogP contribution in [-0.2, 0) is 0 Å². The van der Waals surface area contributed by atoms with Gasteiger partial charge in [0.15, 0.2) is 5.17 Å². The molecule has 0 unspecified atom stereocenters. The summed E-state index contributed by atoms with van der Waals surface area (Å²) in [7, 11) is 0. The Bertz CT molecular complexity index is 553. The largest absolute Gasteiger partial charge is 0.318 e. The van der Waals surface area contributed by atoms with E-state index in [0.29, 0.717) is 0 Å². The SMILES string of the molecule is C1=C(c2ccc(C3CCCCC3)cc2)N2CCN=C2S1. The molecule has 1 saturated carbocycles. The molecule has 2 heterocycles. The van der Waals surface area contributed by atoms with Crippen LogP contribution in [0.5, 0.6) is 0 Å². The second-order valence-corrected chi connectivity index (χ2v) is 6.73. The van der Waals surface area contributed by atoms with Gasteiger partial charge in [0.2, 0.25) is 0 Å². The molecule has 3 heteroatoms. The van der Waals surface area contributed by atoms with Crippen LogP contribution in [-0.4, -0.2) is 23.2 Å². The van der Waals surface area contributed by atoms with Gasteiger partial charge in [-0.05, 0) is 29.9 Å². The van der Waals surface area contributed by atoms with Crippen molar-refractivity contribution in [1.82, 2.24) is 4.90 Å². The zero-order chi connectivity index (χ0) is 13.4. The highest BCUT2D eigenvalue weighted by Gasteiger charge is 2.27. The van der Waals surface area contributed by atoms with Crippen LogP contribution in [0.3, 0.4) is 0 Å². The van der Waals surface area contributed by atoms with Crippen LogP contribution in [0.2, 0.25) is 0 Å². The molecule has 0 bridgehead atoms. The Morgan fingerprint density at radius 1 is 1.05 bits per heavy atom. The highest BCUT2D eigenvalue weighted by atomic mass is 32.2. The standard InChI is InChI=1S/C17H20N2S/c1-2-4-13(5-3-1)14-6-8-15(9-7-14)16-12-20-17-18-10-11-19(16)17/h6-9,12-13H,1-5,10-11H2. The normalized spacial score (nSPS) is 22.7. The average molecular weight is 284 g/mol. The first-order chi connectivity index (χ1) is 9.92. The fourth-order valence-corrected chi connectivity index (χ4v) is 4.47. The predicted octanol–water partition coefficient (Wildman–Crippen LogP) is 4.45. The number of fused-ring (bicyclic) bond motifs is 1. The number of amidine groups is 1. The van der Waals surface area contributed by atoms with Crippen molar-refractivity contribution in [3.05, 3.63) is 40.8 Å². The first-order valence-corrected chi connectivity index (χ1v) is 8.59. The molecule has 0 aromatic heterocycles. The molecule has 2 aliphatic heterocycles. The highest BCUT2D eigenvalue weighted by Crippen LogP contribution is 2.37. The molecule has 0 amide bonds. The zero-order valence-corrected chi connectivity index (χ0v) is 12.5. The Hall–Kier alpha value is -1.22. The van der Waals surface area contributed by atoms with Crippen LogP contribution in [0, 0.1) is 0 Å². The summed E-state index contributed by atoms with van der Waals surface area (Å²) in [6, 6.07) is 9.30. The summed E-state index contributed by atoms with van der Waals surface area (Å²) in [6.45, 7) is 1.98. The maximum Gasteiger partial charge on any atom is 0.168 e. The predicted molar refractivity (Wildman–Crippen MR) is 86.8 cm³/mol. The molecule has 4 rings (SSSR count). The van der Waals surface area contributed by atoms with Gasteiger partial charge in [-0.3, -0.25) is 4.99 Å². The van der Waals surface area contributed by atoms with Gasteiger partial charge in [-0.15, -0.1) is 0 Å². The third-order valence-electron chi connectivity index (χ3n) is 4.65. The minimum atomic E-state index is 0.800. The van der Waals surface area contributed by atoms with Gasteiger partial charge in [-0.1, -0.05) is 55.3 Å². The van der Waals surface area contributed by atoms with E-state index in [4.69, 9.17) is 0 Å². The number of nitrogens with zero attached hydrogens (tertiary/aromatic N) is 2. The van der Waals surface area contributed by atoms with Crippen molar-refractivity contribution < 1.29 is 0 Å². The summed E-state index contributed by atoms with van der Waals surface area (Å²) < 4.78 is 0. The zero-order valence-electron chi connectivity index (χ0n) is 11.7. The lowest BCUT2D eigenvalue weighted by atomic mass is 9.84. The molecule has 1 fully saturated rings. The third kappa shape index (κ3) is 2.18. The Morgan fingerprint density at radius 3 is 2.65 bits per heavy atom. The molecule has 0 spiro atoms. The van der Waals surface area contributed by atoms with Crippen LogP contribution in [0.25, 0.3) is 5.70 Å². The summed E-state index contributed by atoms with van der Waals surface area (Å²) in [4.78, 5) is 6.87. The number of rotatable bonds is 2. The number of thioether (sulfide) groups is 1. The molecule has 1 aromatic rings. The van der Waals surface area contributed by atoms with Gasteiger partial charge in [-0.2, -0.15) is 0 Å². The maximum atomic E-state index is 4.52. The van der Waals surface area contributed by atoms with Gasteiger partial charge in [-0.25, -0.2) is 0 Å². The van der Waals surface area contributed by atoms with E-state index in [1.165, 1.54) is 54.1 Å².